The predicted molar refractivity (Wildman–Crippen MR) is 127 cm³/mol. The molecule has 2 saturated heterocycles. The average molecular weight is 535 g/mol. The first-order valence-corrected chi connectivity index (χ1v) is 10.4. The second kappa shape index (κ2) is 11.7. The summed E-state index contributed by atoms with van der Waals surface area (Å²) >= 11 is 0. The number of carbonyl (C=O) groups is 1. The molecule has 0 aromatic heterocycles. The second-order valence-corrected chi connectivity index (χ2v) is 7.73. The number of hydrogen-bond acceptors (Lipinski definition) is 3. The summed E-state index contributed by atoms with van der Waals surface area (Å²) in [6.45, 7) is 5.95. The van der Waals surface area contributed by atoms with Gasteiger partial charge >= 0.3 is 0 Å². The number of piperazine rings is 1. The minimum Gasteiger partial charge on any atom is -0.366 e. The van der Waals surface area contributed by atoms with Crippen LogP contribution < -0.4 is 10.2 Å². The first-order chi connectivity index (χ1) is 14.0. The molecule has 9 heteroatoms. The summed E-state index contributed by atoms with van der Waals surface area (Å²) in [6.07, 6.45) is 3.80. The highest BCUT2D eigenvalue weighted by molar-refractivity contribution is 14.0. The maximum atomic E-state index is 14.0. The second-order valence-electron chi connectivity index (χ2n) is 7.73. The van der Waals surface area contributed by atoms with Gasteiger partial charge in [-0.3, -0.25) is 9.79 Å². The largest absolute Gasteiger partial charge is 0.366 e. The van der Waals surface area contributed by atoms with Crippen molar-refractivity contribution in [3.05, 3.63) is 29.8 Å². The summed E-state index contributed by atoms with van der Waals surface area (Å²) in [5.74, 6) is 0.0808. The summed E-state index contributed by atoms with van der Waals surface area (Å²) in [6, 6.07) is 3.86. The number of anilines is 1. The van der Waals surface area contributed by atoms with Gasteiger partial charge in [-0.1, -0.05) is 0 Å². The Hall–Kier alpha value is -1.65. The van der Waals surface area contributed by atoms with Gasteiger partial charge in [0.1, 0.15) is 11.6 Å². The highest BCUT2D eigenvalue weighted by Gasteiger charge is 2.24. The van der Waals surface area contributed by atoms with Crippen LogP contribution in [-0.2, 0) is 4.79 Å². The van der Waals surface area contributed by atoms with E-state index in [1.807, 2.05) is 9.80 Å². The van der Waals surface area contributed by atoms with E-state index in [4.69, 9.17) is 0 Å². The number of halogens is 3. The molecule has 1 aromatic rings. The molecule has 2 fully saturated rings. The Kier molecular flexibility index (Phi) is 9.57. The van der Waals surface area contributed by atoms with E-state index in [-0.39, 0.29) is 29.9 Å². The Bertz CT molecular complexity index is 740. The molecule has 0 radical (unpaired) electrons. The predicted octanol–water partition coefficient (Wildman–Crippen LogP) is 3.07. The number of aliphatic imine (C=N–C) groups is 1. The summed E-state index contributed by atoms with van der Waals surface area (Å²) in [7, 11) is 1.72. The fourth-order valence-corrected chi connectivity index (χ4v) is 4.11. The van der Waals surface area contributed by atoms with E-state index in [0.29, 0.717) is 50.9 Å². The minimum absolute atomic E-state index is 0. The fraction of sp³-hybridized carbons (Fsp3) is 0.619. The van der Waals surface area contributed by atoms with Gasteiger partial charge in [0.2, 0.25) is 5.91 Å². The molecule has 1 aromatic carbocycles. The topological polar surface area (TPSA) is 51.2 Å². The number of likely N-dealkylation sites (tertiary alicyclic amines) is 1. The molecular weight excluding hydrogens is 503 g/mol. The molecule has 1 N–H and O–H groups in total. The Labute approximate surface area is 194 Å². The SMILES string of the molecule is CN=C(NCCC(=O)N1CCCCC1C)N1CCN(c2cc(F)ccc2F)CC1.I. The zero-order chi connectivity index (χ0) is 20.8. The number of amides is 1. The molecule has 168 valence electrons. The molecular formula is C21H32F2IN5O. The average Bonchev–Trinajstić information content (AvgIpc) is 2.73. The third-order valence-electron chi connectivity index (χ3n) is 5.79. The standard InChI is InChI=1S/C21H31F2N5O.HI/c1-16-5-3-4-10-28(16)20(29)8-9-25-21(24-2)27-13-11-26(12-14-27)19-15-17(22)6-7-18(19)23;/h6-7,15-16H,3-5,8-14H2,1-2H3,(H,24,25);1H. The number of rotatable bonds is 4. The van der Waals surface area contributed by atoms with Gasteiger partial charge in [-0.15, -0.1) is 24.0 Å². The summed E-state index contributed by atoms with van der Waals surface area (Å²) in [5.41, 5.74) is 0.300. The van der Waals surface area contributed by atoms with Gasteiger partial charge in [-0.05, 0) is 38.3 Å². The van der Waals surface area contributed by atoms with Gasteiger partial charge in [0.15, 0.2) is 5.96 Å². The zero-order valence-corrected chi connectivity index (χ0v) is 20.1. The smallest absolute Gasteiger partial charge is 0.224 e. The van der Waals surface area contributed by atoms with Gasteiger partial charge in [0.25, 0.3) is 0 Å². The number of nitrogens with one attached hydrogen (secondary N) is 1. The fourth-order valence-electron chi connectivity index (χ4n) is 4.11. The molecule has 1 amide bonds. The summed E-state index contributed by atoms with van der Waals surface area (Å²) in [4.78, 5) is 22.7. The van der Waals surface area contributed by atoms with Crippen LogP contribution in [0, 0.1) is 11.6 Å². The molecule has 6 nitrogen and oxygen atoms in total. The van der Waals surface area contributed by atoms with E-state index in [1.54, 1.807) is 7.05 Å². The van der Waals surface area contributed by atoms with Gasteiger partial charge in [-0.2, -0.15) is 0 Å². The number of hydrogen-bond donors (Lipinski definition) is 1. The number of piperidine rings is 1. The van der Waals surface area contributed by atoms with Crippen molar-refractivity contribution in [3.63, 3.8) is 0 Å². The van der Waals surface area contributed by atoms with Crippen LogP contribution in [-0.4, -0.2) is 74.0 Å². The molecule has 0 saturated carbocycles. The van der Waals surface area contributed by atoms with Crippen molar-refractivity contribution in [2.75, 3.05) is 51.2 Å². The Morgan fingerprint density at radius 3 is 2.57 bits per heavy atom. The molecule has 1 unspecified atom stereocenters. The molecule has 1 atom stereocenters. The molecule has 2 aliphatic heterocycles. The summed E-state index contributed by atoms with van der Waals surface area (Å²) in [5, 5.41) is 3.27. The van der Waals surface area contributed by atoms with E-state index in [1.165, 1.54) is 12.5 Å². The summed E-state index contributed by atoms with van der Waals surface area (Å²) < 4.78 is 27.5. The monoisotopic (exact) mass is 535 g/mol. The maximum Gasteiger partial charge on any atom is 0.224 e. The number of nitrogens with zero attached hydrogens (tertiary/aromatic N) is 4. The third-order valence-corrected chi connectivity index (χ3v) is 5.79. The van der Waals surface area contributed by atoms with Crippen LogP contribution in [0.25, 0.3) is 0 Å². The number of benzene rings is 1. The van der Waals surface area contributed by atoms with Gasteiger partial charge < -0.3 is 20.0 Å². The minimum atomic E-state index is -0.436. The lowest BCUT2D eigenvalue weighted by molar-refractivity contribution is -0.134. The van der Waals surface area contributed by atoms with Crippen molar-refractivity contribution in [1.82, 2.24) is 15.1 Å². The van der Waals surface area contributed by atoms with E-state index in [0.717, 1.165) is 37.5 Å². The van der Waals surface area contributed by atoms with Gasteiger partial charge in [0, 0.05) is 64.8 Å². The van der Waals surface area contributed by atoms with Crippen LogP contribution in [0.5, 0.6) is 0 Å². The van der Waals surface area contributed by atoms with Gasteiger partial charge in [0.05, 0.1) is 5.69 Å². The molecule has 3 rings (SSSR count). The van der Waals surface area contributed by atoms with Crippen LogP contribution in [0.2, 0.25) is 0 Å². The van der Waals surface area contributed by atoms with Crippen LogP contribution in [0.4, 0.5) is 14.5 Å². The van der Waals surface area contributed by atoms with Crippen LogP contribution >= 0.6 is 24.0 Å². The zero-order valence-electron chi connectivity index (χ0n) is 17.7. The van der Waals surface area contributed by atoms with Crippen LogP contribution in [0.1, 0.15) is 32.6 Å². The molecule has 0 aliphatic carbocycles. The van der Waals surface area contributed by atoms with Gasteiger partial charge in [-0.25, -0.2) is 8.78 Å². The molecule has 2 aliphatic rings. The van der Waals surface area contributed by atoms with E-state index in [2.05, 4.69) is 22.1 Å². The van der Waals surface area contributed by atoms with Crippen molar-refractivity contribution in [3.8, 4) is 0 Å². The van der Waals surface area contributed by atoms with Crippen molar-refractivity contribution in [2.45, 2.75) is 38.6 Å². The first-order valence-electron chi connectivity index (χ1n) is 10.4. The Morgan fingerprint density at radius 1 is 1.17 bits per heavy atom. The van der Waals surface area contributed by atoms with Crippen LogP contribution in [0.3, 0.4) is 0 Å². The molecule has 0 bridgehead atoms. The normalized spacial score (nSPS) is 20.1. The third kappa shape index (κ3) is 6.18. The first kappa shape index (κ1) is 24.6. The molecule has 0 spiro atoms. The Balaban J connectivity index is 0.00000320. The lowest BCUT2D eigenvalue weighted by Gasteiger charge is -2.38. The van der Waals surface area contributed by atoms with E-state index in [9.17, 15) is 13.6 Å². The van der Waals surface area contributed by atoms with Crippen molar-refractivity contribution in [2.24, 2.45) is 4.99 Å². The maximum absolute atomic E-state index is 14.0. The number of guanidine groups is 1. The van der Waals surface area contributed by atoms with Crippen molar-refractivity contribution < 1.29 is 13.6 Å². The number of carbonyl (C=O) groups excluding carboxylic acids is 1. The molecule has 2 heterocycles. The lowest BCUT2D eigenvalue weighted by atomic mass is 10.0. The highest BCUT2D eigenvalue weighted by Crippen LogP contribution is 2.22. The van der Waals surface area contributed by atoms with E-state index >= 15 is 0 Å². The lowest BCUT2D eigenvalue weighted by Crippen LogP contribution is -2.53. The van der Waals surface area contributed by atoms with Crippen molar-refractivity contribution >= 4 is 41.5 Å². The quantitative estimate of drug-likeness (QED) is 0.366. The van der Waals surface area contributed by atoms with Crippen LogP contribution in [0.15, 0.2) is 23.2 Å². The van der Waals surface area contributed by atoms with E-state index < -0.39 is 11.6 Å². The molecule has 30 heavy (non-hydrogen) atoms. The Morgan fingerprint density at radius 2 is 1.90 bits per heavy atom. The highest BCUT2D eigenvalue weighted by atomic mass is 127. The van der Waals surface area contributed by atoms with Crippen molar-refractivity contribution in [1.29, 1.82) is 0 Å².